The molecule has 4 aromatic rings. The molecule has 140 valence electrons. The van der Waals surface area contributed by atoms with Gasteiger partial charge in [0.25, 0.3) is 0 Å². The summed E-state index contributed by atoms with van der Waals surface area (Å²) >= 11 is 0. The average molecular weight is 383 g/mol. The number of hydrogen-bond donors (Lipinski definition) is 0. The fourth-order valence-electron chi connectivity index (χ4n) is 4.70. The molecule has 3 aliphatic heterocycles. The average Bonchev–Trinajstić information content (AvgIpc) is 3.53. The van der Waals surface area contributed by atoms with Gasteiger partial charge in [-0.25, -0.2) is 19.6 Å². The fraction of sp³-hybridized carbons (Fsp3) is 0.143. The molecule has 0 saturated heterocycles. The zero-order chi connectivity index (χ0) is 19.0. The largest absolute Gasteiger partial charge is 0.491 e. The van der Waals surface area contributed by atoms with E-state index in [1.165, 1.54) is 6.33 Å². The third-order valence-electron chi connectivity index (χ3n) is 5.88. The second-order valence-electron chi connectivity index (χ2n) is 7.22. The molecule has 8 heteroatoms. The van der Waals surface area contributed by atoms with Crippen LogP contribution in [0.2, 0.25) is 0 Å². The van der Waals surface area contributed by atoms with Crippen molar-refractivity contribution in [1.29, 1.82) is 0 Å². The van der Waals surface area contributed by atoms with E-state index in [1.54, 1.807) is 6.33 Å². The molecule has 0 fully saturated rings. The Morgan fingerprint density at radius 1 is 0.931 bits per heavy atom. The first-order valence-corrected chi connectivity index (χ1v) is 9.23. The van der Waals surface area contributed by atoms with Crippen molar-refractivity contribution in [1.82, 2.24) is 24.7 Å². The number of hydrogen-bond acceptors (Lipinski definition) is 7. The Hall–Kier alpha value is -3.94. The minimum absolute atomic E-state index is 0.213. The van der Waals surface area contributed by atoms with Gasteiger partial charge in [0.15, 0.2) is 17.3 Å². The molecule has 3 aliphatic rings. The van der Waals surface area contributed by atoms with Crippen LogP contribution in [-0.4, -0.2) is 38.1 Å². The van der Waals surface area contributed by atoms with Crippen LogP contribution in [0.25, 0.3) is 16.8 Å². The van der Waals surface area contributed by atoms with Gasteiger partial charge in [0.05, 0.1) is 5.69 Å². The summed E-state index contributed by atoms with van der Waals surface area (Å²) in [7, 11) is 0. The second kappa shape index (κ2) is 5.11. The molecule has 5 heterocycles. The van der Waals surface area contributed by atoms with E-state index < -0.39 is 5.41 Å². The van der Waals surface area contributed by atoms with Crippen molar-refractivity contribution in [3.8, 4) is 34.1 Å². The summed E-state index contributed by atoms with van der Waals surface area (Å²) in [5, 5.41) is 4.50. The van der Waals surface area contributed by atoms with E-state index in [2.05, 4.69) is 32.2 Å². The molecule has 29 heavy (non-hydrogen) atoms. The molecule has 2 aromatic carbocycles. The van der Waals surface area contributed by atoms with Gasteiger partial charge in [0.1, 0.15) is 30.4 Å². The van der Waals surface area contributed by atoms with Crippen LogP contribution in [0.3, 0.4) is 0 Å². The Labute approximate surface area is 164 Å². The van der Waals surface area contributed by atoms with Gasteiger partial charge in [-0.15, -0.1) is 0 Å². The maximum absolute atomic E-state index is 6.19. The highest BCUT2D eigenvalue weighted by atomic mass is 16.7. The first kappa shape index (κ1) is 15.0. The molecule has 0 radical (unpaired) electrons. The molecule has 2 aromatic heterocycles. The van der Waals surface area contributed by atoms with Crippen molar-refractivity contribution in [2.24, 2.45) is 0 Å². The number of nitrogens with zero attached hydrogens (tertiary/aromatic N) is 5. The van der Waals surface area contributed by atoms with Crippen molar-refractivity contribution in [3.63, 3.8) is 0 Å². The van der Waals surface area contributed by atoms with Gasteiger partial charge in [-0.2, -0.15) is 5.10 Å². The molecule has 0 bridgehead atoms. The zero-order valence-corrected chi connectivity index (χ0v) is 15.1. The summed E-state index contributed by atoms with van der Waals surface area (Å²) in [4.78, 5) is 13.1. The highest BCUT2D eigenvalue weighted by Gasteiger charge is 2.54. The lowest BCUT2D eigenvalue weighted by Crippen LogP contribution is -2.30. The van der Waals surface area contributed by atoms with Crippen LogP contribution >= 0.6 is 0 Å². The second-order valence-corrected chi connectivity index (χ2v) is 7.22. The van der Waals surface area contributed by atoms with Crippen LogP contribution in [0, 0.1) is 0 Å². The van der Waals surface area contributed by atoms with E-state index in [1.807, 2.05) is 35.3 Å². The van der Waals surface area contributed by atoms with Gasteiger partial charge in [-0.3, -0.25) is 0 Å². The van der Waals surface area contributed by atoms with Crippen LogP contribution in [0.5, 0.6) is 17.2 Å². The molecule has 0 N–H and O–H groups in total. The molecule has 0 aliphatic carbocycles. The van der Waals surface area contributed by atoms with Crippen LogP contribution in [0.4, 0.5) is 0 Å². The summed E-state index contributed by atoms with van der Waals surface area (Å²) in [5.41, 5.74) is 4.43. The lowest BCUT2D eigenvalue weighted by atomic mass is 9.74. The molecule has 8 nitrogen and oxygen atoms in total. The van der Waals surface area contributed by atoms with Crippen molar-refractivity contribution in [2.75, 3.05) is 13.4 Å². The Kier molecular flexibility index (Phi) is 2.65. The van der Waals surface area contributed by atoms with Crippen molar-refractivity contribution < 1.29 is 14.2 Å². The van der Waals surface area contributed by atoms with Gasteiger partial charge in [0, 0.05) is 35.2 Å². The Bertz CT molecular complexity index is 1300. The molecule has 0 amide bonds. The van der Waals surface area contributed by atoms with E-state index in [4.69, 9.17) is 14.2 Å². The smallest absolute Gasteiger partial charge is 0.231 e. The van der Waals surface area contributed by atoms with Gasteiger partial charge in [-0.1, -0.05) is 12.1 Å². The van der Waals surface area contributed by atoms with Gasteiger partial charge in [-0.05, 0) is 17.7 Å². The van der Waals surface area contributed by atoms with Crippen molar-refractivity contribution in [3.05, 3.63) is 72.3 Å². The first-order chi connectivity index (χ1) is 14.4. The number of ether oxygens (including phenoxy) is 3. The maximum Gasteiger partial charge on any atom is 0.231 e. The van der Waals surface area contributed by atoms with E-state index >= 15 is 0 Å². The van der Waals surface area contributed by atoms with Crippen LogP contribution < -0.4 is 14.2 Å². The normalized spacial score (nSPS) is 19.7. The van der Waals surface area contributed by atoms with Gasteiger partial charge >= 0.3 is 0 Å². The third kappa shape index (κ3) is 1.74. The Morgan fingerprint density at radius 2 is 1.79 bits per heavy atom. The number of benzene rings is 2. The summed E-state index contributed by atoms with van der Waals surface area (Å²) in [5.74, 6) is 3.02. The van der Waals surface area contributed by atoms with Crippen molar-refractivity contribution in [2.45, 2.75) is 5.41 Å². The molecular formula is C21H13N5O3. The minimum atomic E-state index is -0.603. The molecule has 1 spiro atoms. The summed E-state index contributed by atoms with van der Waals surface area (Å²) < 4.78 is 19.3. The molecule has 1 unspecified atom stereocenters. The van der Waals surface area contributed by atoms with Crippen LogP contribution in [0.15, 0.2) is 55.4 Å². The van der Waals surface area contributed by atoms with E-state index in [9.17, 15) is 0 Å². The summed E-state index contributed by atoms with van der Waals surface area (Å²) in [6.45, 7) is 0.631. The monoisotopic (exact) mass is 383 g/mol. The Morgan fingerprint density at radius 3 is 2.69 bits per heavy atom. The predicted octanol–water partition coefficient (Wildman–Crippen LogP) is 2.49. The van der Waals surface area contributed by atoms with Crippen molar-refractivity contribution >= 4 is 0 Å². The van der Waals surface area contributed by atoms with E-state index in [-0.39, 0.29) is 6.79 Å². The highest BCUT2D eigenvalue weighted by molar-refractivity contribution is 5.79. The Balaban J connectivity index is 1.58. The topological polar surface area (TPSA) is 84.2 Å². The SMILES string of the molecule is c1cc(-c2cncnc2)c2c(c1)-n1ncnc1C21COc2cc3c(cc21)OCO3. The molecule has 0 saturated carbocycles. The molecule has 1 atom stereocenters. The number of fused-ring (bicyclic) bond motifs is 8. The molecular weight excluding hydrogens is 370 g/mol. The summed E-state index contributed by atoms with van der Waals surface area (Å²) in [6.07, 6.45) is 6.76. The quantitative estimate of drug-likeness (QED) is 0.499. The van der Waals surface area contributed by atoms with Crippen LogP contribution in [-0.2, 0) is 5.41 Å². The zero-order valence-electron chi connectivity index (χ0n) is 15.1. The minimum Gasteiger partial charge on any atom is -0.491 e. The van der Waals surface area contributed by atoms with E-state index in [0.717, 1.165) is 39.5 Å². The predicted molar refractivity (Wildman–Crippen MR) is 100 cm³/mol. The molecule has 7 rings (SSSR count). The lowest BCUT2D eigenvalue weighted by molar-refractivity contribution is 0.173. The number of aromatic nitrogens is 5. The lowest BCUT2D eigenvalue weighted by Gasteiger charge is -2.24. The van der Waals surface area contributed by atoms with Crippen LogP contribution in [0.1, 0.15) is 17.0 Å². The van der Waals surface area contributed by atoms with Gasteiger partial charge in [0.2, 0.25) is 6.79 Å². The fourth-order valence-corrected chi connectivity index (χ4v) is 4.70. The number of rotatable bonds is 1. The third-order valence-corrected chi connectivity index (χ3v) is 5.88. The standard InChI is InChI=1S/C21H13N5O3/c1-2-13(12-6-22-9-23-7-12)19-15(3-1)26-20(24-10-25-26)21(19)8-27-16-5-18-17(4-14(16)21)28-11-29-18/h1-7,9-10H,8,11H2. The van der Waals surface area contributed by atoms with E-state index in [0.29, 0.717) is 18.1 Å². The highest BCUT2D eigenvalue weighted by Crippen LogP contribution is 2.57. The summed E-state index contributed by atoms with van der Waals surface area (Å²) in [6, 6.07) is 10.1. The van der Waals surface area contributed by atoms with Gasteiger partial charge < -0.3 is 14.2 Å². The first-order valence-electron chi connectivity index (χ1n) is 9.23. The maximum atomic E-state index is 6.19.